The second-order valence-electron chi connectivity index (χ2n) is 3.49. The fourth-order valence-corrected chi connectivity index (χ4v) is 2.46. The molecule has 0 aliphatic carbocycles. The molecule has 88 valence electrons. The molecule has 2 rings (SSSR count). The van der Waals surface area contributed by atoms with Gasteiger partial charge in [0.2, 0.25) is 0 Å². The molecule has 7 heteroatoms. The van der Waals surface area contributed by atoms with Crippen LogP contribution in [0.25, 0.3) is 0 Å². The van der Waals surface area contributed by atoms with E-state index in [9.17, 15) is 8.42 Å². The van der Waals surface area contributed by atoms with Gasteiger partial charge < -0.3 is 4.74 Å². The van der Waals surface area contributed by atoms with E-state index in [1.807, 2.05) is 0 Å². The molecule has 0 amide bonds. The molecule has 0 bridgehead atoms. The van der Waals surface area contributed by atoms with Gasteiger partial charge in [-0.1, -0.05) is 0 Å². The average molecular weight is 308 g/mol. The van der Waals surface area contributed by atoms with Crippen LogP contribution in [0.4, 0.5) is 0 Å². The van der Waals surface area contributed by atoms with Crippen molar-refractivity contribution in [3.63, 3.8) is 0 Å². The van der Waals surface area contributed by atoms with E-state index >= 15 is 0 Å². The molecule has 0 spiro atoms. The Kier molecular flexibility index (Phi) is 3.29. The van der Waals surface area contributed by atoms with Crippen LogP contribution in [0.15, 0.2) is 16.7 Å². The molecule has 1 unspecified atom stereocenters. The number of hydrogen-bond donors (Lipinski definition) is 0. The van der Waals surface area contributed by atoms with E-state index in [1.54, 1.807) is 12.3 Å². The van der Waals surface area contributed by atoms with Crippen molar-refractivity contribution >= 4 is 26.0 Å². The number of hydrogen-bond acceptors (Lipinski definition) is 5. The van der Waals surface area contributed by atoms with Gasteiger partial charge in [-0.05, 0) is 22.0 Å². The van der Waals surface area contributed by atoms with Crippen LogP contribution in [0.5, 0.6) is 0 Å². The van der Waals surface area contributed by atoms with Crippen LogP contribution in [0.2, 0.25) is 0 Å². The number of rotatable bonds is 2. The number of ether oxygens (including phenoxy) is 1. The molecular formula is C9H10BrNO4S. The summed E-state index contributed by atoms with van der Waals surface area (Å²) in [7, 11) is -3.50. The highest BCUT2D eigenvalue weighted by Crippen LogP contribution is 2.29. The Morgan fingerprint density at radius 2 is 2.38 bits per heavy atom. The first kappa shape index (κ1) is 12.0. The molecule has 1 atom stereocenters. The van der Waals surface area contributed by atoms with Crippen molar-refractivity contribution in [2.24, 2.45) is 0 Å². The molecule has 0 fully saturated rings. The second-order valence-corrected chi connectivity index (χ2v) is 6.01. The molecule has 1 aliphatic rings. The summed E-state index contributed by atoms with van der Waals surface area (Å²) in [6.07, 6.45) is 2.06. The number of fused-ring (bicyclic) bond motifs is 1. The van der Waals surface area contributed by atoms with Gasteiger partial charge in [0.05, 0.1) is 25.2 Å². The van der Waals surface area contributed by atoms with E-state index in [2.05, 4.69) is 20.9 Å². The Labute approximate surface area is 102 Å². The zero-order valence-corrected chi connectivity index (χ0v) is 10.9. The molecule has 1 aromatic rings. The maximum absolute atomic E-state index is 11.1. The molecule has 0 saturated carbocycles. The molecular weight excluding hydrogens is 298 g/mol. The smallest absolute Gasteiger partial charge is 0.265 e. The quantitative estimate of drug-likeness (QED) is 0.773. The van der Waals surface area contributed by atoms with E-state index in [0.29, 0.717) is 12.3 Å². The molecule has 5 nitrogen and oxygen atoms in total. The molecule has 0 N–H and O–H groups in total. The van der Waals surface area contributed by atoms with E-state index < -0.39 is 16.2 Å². The van der Waals surface area contributed by atoms with Gasteiger partial charge in [-0.15, -0.1) is 0 Å². The lowest BCUT2D eigenvalue weighted by Crippen LogP contribution is -2.22. The third kappa shape index (κ3) is 2.79. The first-order valence-corrected chi connectivity index (χ1v) is 7.17. The SMILES string of the molecule is CS(=O)(=O)OC1COCc2ncc(Br)cc21. The molecule has 1 aliphatic heterocycles. The van der Waals surface area contributed by atoms with Crippen molar-refractivity contribution in [3.8, 4) is 0 Å². The zero-order valence-electron chi connectivity index (χ0n) is 8.51. The van der Waals surface area contributed by atoms with Crippen molar-refractivity contribution in [3.05, 3.63) is 28.0 Å². The Balaban J connectivity index is 2.35. The minimum absolute atomic E-state index is 0.220. The van der Waals surface area contributed by atoms with Gasteiger partial charge >= 0.3 is 0 Å². The van der Waals surface area contributed by atoms with Gasteiger partial charge in [0, 0.05) is 16.2 Å². The van der Waals surface area contributed by atoms with Crippen LogP contribution in [0.1, 0.15) is 17.4 Å². The monoisotopic (exact) mass is 307 g/mol. The number of halogens is 1. The number of aromatic nitrogens is 1. The minimum atomic E-state index is -3.50. The first-order valence-electron chi connectivity index (χ1n) is 4.56. The molecule has 1 aromatic heterocycles. The van der Waals surface area contributed by atoms with Crippen LogP contribution in [-0.4, -0.2) is 26.3 Å². The number of pyridine rings is 1. The lowest BCUT2D eigenvalue weighted by Gasteiger charge is -2.23. The normalized spacial score (nSPS) is 20.5. The van der Waals surface area contributed by atoms with E-state index in [-0.39, 0.29) is 6.61 Å². The van der Waals surface area contributed by atoms with Gasteiger partial charge in [0.1, 0.15) is 6.10 Å². The predicted molar refractivity (Wildman–Crippen MR) is 60.3 cm³/mol. The Morgan fingerprint density at radius 1 is 1.62 bits per heavy atom. The first-order chi connectivity index (χ1) is 7.46. The van der Waals surface area contributed by atoms with E-state index in [4.69, 9.17) is 8.92 Å². The van der Waals surface area contributed by atoms with Gasteiger partial charge in [0.15, 0.2) is 0 Å². The van der Waals surface area contributed by atoms with Crippen molar-refractivity contribution in [2.75, 3.05) is 12.9 Å². The highest BCUT2D eigenvalue weighted by Gasteiger charge is 2.26. The second kappa shape index (κ2) is 4.40. The summed E-state index contributed by atoms with van der Waals surface area (Å²) in [6, 6.07) is 1.81. The molecule has 16 heavy (non-hydrogen) atoms. The number of nitrogens with zero attached hydrogens (tertiary/aromatic N) is 1. The zero-order chi connectivity index (χ0) is 11.8. The summed E-state index contributed by atoms with van der Waals surface area (Å²) in [5.74, 6) is 0. The Morgan fingerprint density at radius 3 is 3.06 bits per heavy atom. The summed E-state index contributed by atoms with van der Waals surface area (Å²) in [6.45, 7) is 0.602. The Hall–Kier alpha value is -0.500. The van der Waals surface area contributed by atoms with E-state index in [0.717, 1.165) is 16.3 Å². The van der Waals surface area contributed by atoms with Crippen molar-refractivity contribution < 1.29 is 17.3 Å². The summed E-state index contributed by atoms with van der Waals surface area (Å²) in [4.78, 5) is 4.15. The fraction of sp³-hybridized carbons (Fsp3) is 0.444. The van der Waals surface area contributed by atoms with Crippen LogP contribution >= 0.6 is 15.9 Å². The standard InChI is InChI=1S/C9H10BrNO4S/c1-16(12,13)15-9-5-14-4-8-7(9)2-6(10)3-11-8/h2-3,9H,4-5H2,1H3. The molecule has 0 aromatic carbocycles. The Bertz CT molecular complexity index is 502. The van der Waals surface area contributed by atoms with Crippen molar-refractivity contribution in [2.45, 2.75) is 12.7 Å². The minimum Gasteiger partial charge on any atom is -0.372 e. The van der Waals surface area contributed by atoms with E-state index in [1.165, 1.54) is 0 Å². The van der Waals surface area contributed by atoms with Crippen LogP contribution in [0, 0.1) is 0 Å². The average Bonchev–Trinajstić information content (AvgIpc) is 2.17. The summed E-state index contributed by atoms with van der Waals surface area (Å²) in [5, 5.41) is 0. The van der Waals surface area contributed by atoms with Crippen LogP contribution in [-0.2, 0) is 25.6 Å². The largest absolute Gasteiger partial charge is 0.372 e. The lowest BCUT2D eigenvalue weighted by atomic mass is 10.1. The highest BCUT2D eigenvalue weighted by molar-refractivity contribution is 9.10. The highest BCUT2D eigenvalue weighted by atomic mass is 79.9. The van der Waals surface area contributed by atoms with Crippen LogP contribution in [0.3, 0.4) is 0 Å². The molecule has 0 saturated heterocycles. The lowest BCUT2D eigenvalue weighted by molar-refractivity contribution is 0.0235. The van der Waals surface area contributed by atoms with Gasteiger partial charge in [0.25, 0.3) is 10.1 Å². The summed E-state index contributed by atoms with van der Waals surface area (Å²) >= 11 is 3.29. The summed E-state index contributed by atoms with van der Waals surface area (Å²) < 4.78 is 33.1. The maximum atomic E-state index is 11.1. The third-order valence-electron chi connectivity index (χ3n) is 2.12. The van der Waals surface area contributed by atoms with Gasteiger partial charge in [-0.25, -0.2) is 0 Å². The van der Waals surface area contributed by atoms with Crippen LogP contribution < -0.4 is 0 Å². The molecule has 2 heterocycles. The summed E-state index contributed by atoms with van der Waals surface area (Å²) in [5.41, 5.74) is 1.47. The third-order valence-corrected chi connectivity index (χ3v) is 3.13. The van der Waals surface area contributed by atoms with Gasteiger partial charge in [-0.3, -0.25) is 9.17 Å². The fourth-order valence-electron chi connectivity index (χ4n) is 1.53. The van der Waals surface area contributed by atoms with Gasteiger partial charge in [-0.2, -0.15) is 8.42 Å². The topological polar surface area (TPSA) is 65.5 Å². The molecule has 0 radical (unpaired) electrons. The van der Waals surface area contributed by atoms with Crippen molar-refractivity contribution in [1.29, 1.82) is 0 Å². The predicted octanol–water partition coefficient (Wildman–Crippen LogP) is 1.39. The van der Waals surface area contributed by atoms with Crippen molar-refractivity contribution in [1.82, 2.24) is 4.98 Å². The maximum Gasteiger partial charge on any atom is 0.265 e.